The van der Waals surface area contributed by atoms with Crippen LogP contribution in [0.5, 0.6) is 0 Å². The molecule has 1 aliphatic carbocycles. The molecule has 1 amide bonds. The van der Waals surface area contributed by atoms with Gasteiger partial charge >= 0.3 is 0 Å². The summed E-state index contributed by atoms with van der Waals surface area (Å²) in [5.74, 6) is -0.000556. The highest BCUT2D eigenvalue weighted by Gasteiger charge is 2.15. The summed E-state index contributed by atoms with van der Waals surface area (Å²) in [4.78, 5) is 10.4. The molecule has 0 heterocycles. The summed E-state index contributed by atoms with van der Waals surface area (Å²) in [6.07, 6.45) is 5.31. The number of nitrogens with two attached hydrogens (primary N) is 2. The third kappa shape index (κ3) is 1.50. The Bertz CT molecular complexity index is 170. The van der Waals surface area contributed by atoms with Gasteiger partial charge in [-0.1, -0.05) is 12.5 Å². The van der Waals surface area contributed by atoms with Gasteiger partial charge in [0.1, 0.15) is 0 Å². The molecular weight excluding hydrogens is 128 g/mol. The van der Waals surface area contributed by atoms with Crippen LogP contribution in [0.2, 0.25) is 0 Å². The van der Waals surface area contributed by atoms with E-state index in [1.807, 2.05) is 0 Å². The van der Waals surface area contributed by atoms with Crippen LogP contribution < -0.4 is 11.5 Å². The molecule has 0 saturated heterocycles. The first-order valence-electron chi connectivity index (χ1n) is 3.47. The maximum Gasteiger partial charge on any atom is 0.264 e. The van der Waals surface area contributed by atoms with Crippen molar-refractivity contribution >= 4 is 5.91 Å². The molecule has 1 saturated carbocycles. The highest BCUT2D eigenvalue weighted by atomic mass is 16.1. The van der Waals surface area contributed by atoms with Crippen LogP contribution in [-0.2, 0) is 4.79 Å². The number of carbonyl (C=O) groups excluding carboxylic acids is 1. The number of primary amides is 1. The summed E-state index contributed by atoms with van der Waals surface area (Å²) < 4.78 is 0. The van der Waals surface area contributed by atoms with Crippen LogP contribution in [0.25, 0.3) is 0 Å². The minimum absolute atomic E-state index is 0.213. The molecule has 1 aliphatic rings. The smallest absolute Gasteiger partial charge is 0.264 e. The first-order valence-corrected chi connectivity index (χ1v) is 3.47. The van der Waals surface area contributed by atoms with E-state index in [-0.39, 0.29) is 5.70 Å². The van der Waals surface area contributed by atoms with Gasteiger partial charge in [-0.15, -0.1) is 0 Å². The van der Waals surface area contributed by atoms with Crippen LogP contribution in [0, 0.1) is 5.92 Å². The number of amides is 1. The molecule has 0 aromatic carbocycles. The number of hydrogen-bond donors (Lipinski definition) is 2. The molecule has 0 aliphatic heterocycles. The van der Waals surface area contributed by atoms with Crippen molar-refractivity contribution in [3.8, 4) is 0 Å². The van der Waals surface area contributed by atoms with Crippen molar-refractivity contribution in [1.29, 1.82) is 0 Å². The zero-order valence-electron chi connectivity index (χ0n) is 5.84. The second kappa shape index (κ2) is 2.73. The van der Waals surface area contributed by atoms with Gasteiger partial charge in [0.05, 0.1) is 5.70 Å². The monoisotopic (exact) mass is 140 g/mol. The van der Waals surface area contributed by atoms with E-state index in [0.717, 1.165) is 12.8 Å². The molecule has 0 unspecified atom stereocenters. The van der Waals surface area contributed by atoms with Crippen molar-refractivity contribution in [2.45, 2.75) is 19.3 Å². The lowest BCUT2D eigenvalue weighted by Crippen LogP contribution is -2.22. The van der Waals surface area contributed by atoms with Crippen molar-refractivity contribution in [3.05, 3.63) is 11.8 Å². The molecule has 0 atom stereocenters. The van der Waals surface area contributed by atoms with Crippen LogP contribution in [0.15, 0.2) is 11.8 Å². The molecule has 0 aromatic rings. The maximum atomic E-state index is 10.4. The minimum atomic E-state index is -0.507. The van der Waals surface area contributed by atoms with Gasteiger partial charge in [-0.25, -0.2) is 0 Å². The van der Waals surface area contributed by atoms with Gasteiger partial charge in [-0.05, 0) is 18.8 Å². The summed E-state index contributed by atoms with van der Waals surface area (Å²) in [6.45, 7) is 0. The Balaban J connectivity index is 2.44. The van der Waals surface area contributed by atoms with Crippen LogP contribution in [-0.4, -0.2) is 5.91 Å². The van der Waals surface area contributed by atoms with Crippen molar-refractivity contribution in [3.63, 3.8) is 0 Å². The zero-order valence-corrected chi connectivity index (χ0v) is 5.84. The van der Waals surface area contributed by atoms with E-state index in [1.54, 1.807) is 6.08 Å². The van der Waals surface area contributed by atoms with Gasteiger partial charge in [0.15, 0.2) is 0 Å². The second-order valence-electron chi connectivity index (χ2n) is 2.68. The van der Waals surface area contributed by atoms with Gasteiger partial charge in [-0.3, -0.25) is 4.79 Å². The quantitative estimate of drug-likeness (QED) is 0.535. The molecule has 3 heteroatoms. The molecule has 56 valence electrons. The Morgan fingerprint density at radius 2 is 2.00 bits per heavy atom. The van der Waals surface area contributed by atoms with E-state index in [9.17, 15) is 4.79 Å². The third-order valence-electron chi connectivity index (χ3n) is 1.85. The Hall–Kier alpha value is -0.990. The molecule has 0 radical (unpaired) electrons. The minimum Gasteiger partial charge on any atom is -0.395 e. The lowest BCUT2D eigenvalue weighted by Gasteiger charge is -2.21. The molecule has 3 nitrogen and oxygen atoms in total. The standard InChI is InChI=1S/C7H12N2O/c8-6(7(9)10)4-5-2-1-3-5/h4-5H,1-3,8H2,(H2,9,10). The maximum absolute atomic E-state index is 10.4. The van der Waals surface area contributed by atoms with E-state index in [2.05, 4.69) is 0 Å². The van der Waals surface area contributed by atoms with Gasteiger partial charge in [-0.2, -0.15) is 0 Å². The molecule has 0 bridgehead atoms. The first kappa shape index (κ1) is 7.12. The number of hydrogen-bond acceptors (Lipinski definition) is 2. The Labute approximate surface area is 60.1 Å². The largest absolute Gasteiger partial charge is 0.395 e. The normalized spacial score (nSPS) is 20.2. The van der Waals surface area contributed by atoms with Crippen molar-refractivity contribution < 1.29 is 4.79 Å². The third-order valence-corrected chi connectivity index (χ3v) is 1.85. The van der Waals surface area contributed by atoms with Crippen LogP contribution in [0.4, 0.5) is 0 Å². The zero-order chi connectivity index (χ0) is 7.56. The predicted octanol–water partition coefficient (Wildman–Crippen LogP) is 0.114. The van der Waals surface area contributed by atoms with E-state index in [4.69, 9.17) is 11.5 Å². The fraction of sp³-hybridized carbons (Fsp3) is 0.571. The van der Waals surface area contributed by atoms with Crippen molar-refractivity contribution in [2.75, 3.05) is 0 Å². The summed E-state index contributed by atoms with van der Waals surface area (Å²) >= 11 is 0. The highest BCUT2D eigenvalue weighted by molar-refractivity contribution is 5.90. The van der Waals surface area contributed by atoms with E-state index < -0.39 is 5.91 Å². The number of allylic oxidation sites excluding steroid dienone is 1. The molecule has 0 aromatic heterocycles. The highest BCUT2D eigenvalue weighted by Crippen LogP contribution is 2.27. The molecule has 1 fully saturated rings. The summed E-state index contributed by atoms with van der Waals surface area (Å²) in [5, 5.41) is 0. The number of carbonyl (C=O) groups is 1. The summed E-state index contributed by atoms with van der Waals surface area (Å²) in [5.41, 5.74) is 10.5. The Morgan fingerprint density at radius 1 is 1.40 bits per heavy atom. The van der Waals surface area contributed by atoms with Gasteiger partial charge in [0, 0.05) is 0 Å². The van der Waals surface area contributed by atoms with Crippen LogP contribution in [0.3, 0.4) is 0 Å². The Kier molecular flexibility index (Phi) is 1.94. The molecule has 1 rings (SSSR count). The Morgan fingerprint density at radius 3 is 2.30 bits per heavy atom. The van der Waals surface area contributed by atoms with E-state index >= 15 is 0 Å². The summed E-state index contributed by atoms with van der Waals surface area (Å²) in [7, 11) is 0. The van der Waals surface area contributed by atoms with Crippen LogP contribution >= 0.6 is 0 Å². The fourth-order valence-electron chi connectivity index (χ4n) is 0.943. The molecule has 4 N–H and O–H groups in total. The second-order valence-corrected chi connectivity index (χ2v) is 2.68. The average molecular weight is 140 g/mol. The van der Waals surface area contributed by atoms with Crippen molar-refractivity contribution in [2.24, 2.45) is 17.4 Å². The fourth-order valence-corrected chi connectivity index (χ4v) is 0.943. The summed E-state index contributed by atoms with van der Waals surface area (Å²) in [6, 6.07) is 0. The van der Waals surface area contributed by atoms with Gasteiger partial charge < -0.3 is 11.5 Å². The molecule has 0 spiro atoms. The molecule has 10 heavy (non-hydrogen) atoms. The van der Waals surface area contributed by atoms with Gasteiger partial charge in [0.25, 0.3) is 5.91 Å². The van der Waals surface area contributed by atoms with Crippen molar-refractivity contribution in [1.82, 2.24) is 0 Å². The lowest BCUT2D eigenvalue weighted by molar-refractivity contribution is -0.114. The average Bonchev–Trinajstić information content (AvgIpc) is 1.77. The molecular formula is C7H12N2O. The lowest BCUT2D eigenvalue weighted by atomic mass is 9.85. The van der Waals surface area contributed by atoms with E-state index in [1.165, 1.54) is 6.42 Å². The first-order chi connectivity index (χ1) is 4.70. The van der Waals surface area contributed by atoms with Gasteiger partial charge in [0.2, 0.25) is 0 Å². The predicted molar refractivity (Wildman–Crippen MR) is 38.8 cm³/mol. The SMILES string of the molecule is NC(=O)C(N)=CC1CCC1. The topological polar surface area (TPSA) is 69.1 Å². The van der Waals surface area contributed by atoms with Crippen LogP contribution in [0.1, 0.15) is 19.3 Å². The van der Waals surface area contributed by atoms with E-state index in [0.29, 0.717) is 5.92 Å². The number of rotatable bonds is 2.